The minimum Gasteiger partial charge on any atom is -0.457 e. The summed E-state index contributed by atoms with van der Waals surface area (Å²) in [6.45, 7) is 5.49. The average molecular weight is 879 g/mol. The molecule has 2 unspecified atom stereocenters. The predicted octanol–water partition coefficient (Wildman–Crippen LogP) is 15.3. The second-order valence-electron chi connectivity index (χ2n) is 17.8. The highest BCUT2D eigenvalue weighted by Crippen LogP contribution is 2.43. The third-order valence-electron chi connectivity index (χ3n) is 10.6. The third-order valence-corrected chi connectivity index (χ3v) is 11.6. The Balaban J connectivity index is 4.21. The van der Waals surface area contributed by atoms with E-state index in [0.29, 0.717) is 17.6 Å². The fraction of sp³-hybridized carbons (Fsp3) is 0.788. The van der Waals surface area contributed by atoms with Gasteiger partial charge in [0.1, 0.15) is 19.3 Å². The number of quaternary nitrogens is 1. The lowest BCUT2D eigenvalue weighted by molar-refractivity contribution is -0.870. The molecule has 0 fully saturated rings. The molecule has 2 atom stereocenters. The fourth-order valence-electron chi connectivity index (χ4n) is 6.76. The van der Waals surface area contributed by atoms with Gasteiger partial charge in [0.15, 0.2) is 0 Å². The number of phosphoric acid groups is 1. The largest absolute Gasteiger partial charge is 0.472 e. The molecule has 0 bridgehead atoms. The molecule has 1 N–H and O–H groups in total. The topological polar surface area (TPSA) is 91.3 Å². The lowest BCUT2D eigenvalue weighted by Crippen LogP contribution is -2.37. The highest BCUT2D eigenvalue weighted by molar-refractivity contribution is 7.47. The second kappa shape index (κ2) is 44.8. The Bertz CT molecular complexity index is 1160. The van der Waals surface area contributed by atoms with E-state index in [2.05, 4.69) is 74.6 Å². The third kappa shape index (κ3) is 49.1. The summed E-state index contributed by atoms with van der Waals surface area (Å²) in [7, 11) is 1.64. The molecule has 0 saturated carbocycles. The Morgan fingerprint density at radius 2 is 0.951 bits per heavy atom. The molecule has 0 heterocycles. The number of rotatable bonds is 46. The molecule has 0 aliphatic heterocycles. The van der Waals surface area contributed by atoms with E-state index in [0.717, 1.165) is 70.6 Å². The van der Waals surface area contributed by atoms with E-state index in [1.54, 1.807) is 0 Å². The number of allylic oxidation sites excluding steroid dienone is 10. The van der Waals surface area contributed by atoms with Crippen LogP contribution in [0.3, 0.4) is 0 Å². The van der Waals surface area contributed by atoms with E-state index in [1.165, 1.54) is 116 Å². The summed E-state index contributed by atoms with van der Waals surface area (Å²) in [4.78, 5) is 23.0. The number of ether oxygens (including phenoxy) is 2. The van der Waals surface area contributed by atoms with Crippen LogP contribution in [0, 0.1) is 0 Å². The van der Waals surface area contributed by atoms with Gasteiger partial charge in [0.25, 0.3) is 0 Å². The van der Waals surface area contributed by atoms with Crippen LogP contribution in [0.25, 0.3) is 0 Å². The van der Waals surface area contributed by atoms with Gasteiger partial charge < -0.3 is 18.9 Å². The molecule has 8 nitrogen and oxygen atoms in total. The number of hydrogen-bond donors (Lipinski definition) is 1. The van der Waals surface area contributed by atoms with E-state index < -0.39 is 13.9 Å². The number of likely N-dealkylation sites (N-methyl/N-ethyl adjacent to an activating group) is 1. The fourth-order valence-corrected chi connectivity index (χ4v) is 7.50. The number of unbranched alkanes of at least 4 members (excludes halogenated alkanes) is 22. The summed E-state index contributed by atoms with van der Waals surface area (Å²) < 4.78 is 35.1. The zero-order valence-electron chi connectivity index (χ0n) is 40.4. The van der Waals surface area contributed by atoms with Crippen molar-refractivity contribution >= 4 is 13.8 Å². The molecule has 0 radical (unpaired) electrons. The van der Waals surface area contributed by atoms with Gasteiger partial charge in [-0.25, -0.2) is 4.57 Å². The van der Waals surface area contributed by atoms with Crippen molar-refractivity contribution in [2.75, 3.05) is 54.1 Å². The van der Waals surface area contributed by atoms with Crippen molar-refractivity contribution in [2.24, 2.45) is 0 Å². The van der Waals surface area contributed by atoms with Crippen molar-refractivity contribution in [1.82, 2.24) is 0 Å². The molecule has 61 heavy (non-hydrogen) atoms. The Hall–Kier alpha value is -1.80. The van der Waals surface area contributed by atoms with Crippen LogP contribution in [0.4, 0.5) is 0 Å². The van der Waals surface area contributed by atoms with Gasteiger partial charge >= 0.3 is 13.8 Å². The molecule has 0 aliphatic carbocycles. The lowest BCUT2D eigenvalue weighted by atomic mass is 10.0. The first-order valence-electron chi connectivity index (χ1n) is 25.0. The van der Waals surface area contributed by atoms with Crippen LogP contribution in [-0.4, -0.2) is 75.6 Å². The zero-order valence-corrected chi connectivity index (χ0v) is 41.3. The normalized spacial score (nSPS) is 14.1. The first-order valence-corrected chi connectivity index (χ1v) is 26.5. The van der Waals surface area contributed by atoms with E-state index in [9.17, 15) is 14.3 Å². The molecule has 0 rings (SSSR count). The van der Waals surface area contributed by atoms with Crippen LogP contribution >= 0.6 is 7.82 Å². The number of carbonyl (C=O) groups excluding carboxylic acids is 1. The van der Waals surface area contributed by atoms with E-state index in [4.69, 9.17) is 18.5 Å². The van der Waals surface area contributed by atoms with E-state index in [1.807, 2.05) is 21.1 Å². The van der Waals surface area contributed by atoms with Crippen LogP contribution in [0.1, 0.15) is 206 Å². The van der Waals surface area contributed by atoms with Gasteiger partial charge in [0.05, 0.1) is 34.4 Å². The number of carbonyl (C=O) groups is 1. The van der Waals surface area contributed by atoms with Crippen molar-refractivity contribution in [3.8, 4) is 0 Å². The Kier molecular flexibility index (Phi) is 43.5. The molecule has 0 aromatic carbocycles. The molecule has 0 aromatic heterocycles. The Morgan fingerprint density at radius 3 is 1.41 bits per heavy atom. The minimum absolute atomic E-state index is 0.0806. The summed E-state index contributed by atoms with van der Waals surface area (Å²) >= 11 is 0. The van der Waals surface area contributed by atoms with Gasteiger partial charge in [0, 0.05) is 13.0 Å². The number of nitrogens with zero attached hydrogens (tertiary/aromatic N) is 1. The summed E-state index contributed by atoms with van der Waals surface area (Å²) in [5.41, 5.74) is 0. The lowest BCUT2D eigenvalue weighted by Gasteiger charge is -2.24. The van der Waals surface area contributed by atoms with Crippen LogP contribution in [-0.2, 0) is 27.9 Å². The van der Waals surface area contributed by atoms with Crippen LogP contribution in [0.5, 0.6) is 0 Å². The van der Waals surface area contributed by atoms with Gasteiger partial charge in [-0.3, -0.25) is 13.8 Å². The summed E-state index contributed by atoms with van der Waals surface area (Å²) in [5, 5.41) is 0. The van der Waals surface area contributed by atoms with Gasteiger partial charge in [0.2, 0.25) is 0 Å². The predicted molar refractivity (Wildman–Crippen MR) is 261 cm³/mol. The summed E-state index contributed by atoms with van der Waals surface area (Å²) in [6, 6.07) is 0. The monoisotopic (exact) mass is 879 g/mol. The van der Waals surface area contributed by atoms with Crippen molar-refractivity contribution in [1.29, 1.82) is 0 Å². The summed E-state index contributed by atoms with van der Waals surface area (Å²) in [6.07, 6.45) is 57.0. The first kappa shape index (κ1) is 59.2. The van der Waals surface area contributed by atoms with Crippen LogP contribution in [0.15, 0.2) is 60.8 Å². The van der Waals surface area contributed by atoms with Crippen molar-refractivity contribution in [3.63, 3.8) is 0 Å². The molecule has 0 amide bonds. The van der Waals surface area contributed by atoms with E-state index >= 15 is 0 Å². The van der Waals surface area contributed by atoms with Gasteiger partial charge in [-0.05, 0) is 57.8 Å². The molecular formula is C52H97NO7P+. The molecule has 0 saturated heterocycles. The molecule has 0 aromatic rings. The average Bonchev–Trinajstić information content (AvgIpc) is 3.22. The SMILES string of the molecule is CC/C=C\C/C=C\C/C=C\C/C=C\C/C=C\CCCCCC(=O)OC(COCCCCCCCCCCCCCCCCCCCCCC)COP(=O)(O)OCC[N+](C)(C)C. The zero-order chi connectivity index (χ0) is 44.8. The van der Waals surface area contributed by atoms with E-state index in [-0.39, 0.29) is 32.2 Å². The van der Waals surface area contributed by atoms with Gasteiger partial charge in [-0.1, -0.05) is 203 Å². The maximum atomic E-state index is 12.7. The highest BCUT2D eigenvalue weighted by atomic mass is 31.2. The first-order chi connectivity index (χ1) is 29.6. The maximum Gasteiger partial charge on any atom is 0.472 e. The molecule has 9 heteroatoms. The van der Waals surface area contributed by atoms with Gasteiger partial charge in [-0.2, -0.15) is 0 Å². The second-order valence-corrected chi connectivity index (χ2v) is 19.3. The minimum atomic E-state index is -4.29. The van der Waals surface area contributed by atoms with Gasteiger partial charge in [-0.15, -0.1) is 0 Å². The van der Waals surface area contributed by atoms with Crippen LogP contribution in [0.2, 0.25) is 0 Å². The molecule has 0 aliphatic rings. The van der Waals surface area contributed by atoms with Crippen molar-refractivity contribution in [2.45, 2.75) is 213 Å². The molecule has 356 valence electrons. The Labute approximate surface area is 377 Å². The number of esters is 1. The number of phosphoric ester groups is 1. The highest BCUT2D eigenvalue weighted by Gasteiger charge is 2.26. The smallest absolute Gasteiger partial charge is 0.457 e. The molecular weight excluding hydrogens is 782 g/mol. The summed E-state index contributed by atoms with van der Waals surface area (Å²) in [5.74, 6) is -0.343. The maximum absolute atomic E-state index is 12.7. The molecule has 0 spiro atoms. The van der Waals surface area contributed by atoms with Crippen molar-refractivity contribution < 1.29 is 37.3 Å². The quantitative estimate of drug-likeness (QED) is 0.0214. The standard InChI is InChI=1S/C52H96NO7P/c1-6-8-10-12-14-16-18-20-22-24-26-28-30-32-34-36-38-40-42-44-47-57-49-51(50-59-61(55,56)58-48-46-53(3,4)5)60-52(54)45-43-41-39-37-35-33-31-29-27-25-23-21-19-17-15-13-11-9-7-2/h9,11,15,17,21,23,27,29,33,35,51H,6-8,10,12-14,16,18-20,22,24-26,28,30-32,34,36-50H2,1-5H3/p+1/b11-9-,17-15-,23-21-,29-27-,35-33-. The van der Waals surface area contributed by atoms with Crippen LogP contribution < -0.4 is 0 Å². The number of hydrogen-bond acceptors (Lipinski definition) is 6. The Morgan fingerprint density at radius 1 is 0.525 bits per heavy atom. The van der Waals surface area contributed by atoms with Crippen molar-refractivity contribution in [3.05, 3.63) is 60.8 Å².